The van der Waals surface area contributed by atoms with Crippen LogP contribution in [0.5, 0.6) is 0 Å². The predicted octanol–water partition coefficient (Wildman–Crippen LogP) is 3.84. The molecule has 116 valence electrons. The van der Waals surface area contributed by atoms with Gasteiger partial charge in [-0.25, -0.2) is 4.79 Å². The van der Waals surface area contributed by atoms with Gasteiger partial charge in [-0.15, -0.1) is 0 Å². The van der Waals surface area contributed by atoms with Crippen molar-refractivity contribution in [3.63, 3.8) is 0 Å². The maximum Gasteiger partial charge on any atom is 0.416 e. The third-order valence-electron chi connectivity index (χ3n) is 2.55. The van der Waals surface area contributed by atoms with Gasteiger partial charge in [0.05, 0.1) is 17.2 Å². The Labute approximate surface area is 125 Å². The summed E-state index contributed by atoms with van der Waals surface area (Å²) in [5.74, 6) is -1.53. The number of aliphatic carboxylic acids is 1. The van der Waals surface area contributed by atoms with Gasteiger partial charge >= 0.3 is 12.1 Å². The normalized spacial score (nSPS) is 12.7. The van der Waals surface area contributed by atoms with Crippen molar-refractivity contribution in [2.24, 2.45) is 0 Å². The standard InChI is InChI=1S/C15H13F3N2O2/c1-2-4-11(15(16,17)18)8-13(14(21)22)20-12-6-3-5-10(7-12)9-19/h3-8,20H,2H2,1H3,(H,21,22)/b11-4-,13-8-. The Hall–Kier alpha value is -2.75. The first-order valence-electron chi connectivity index (χ1n) is 6.27. The molecule has 0 saturated heterocycles. The molecular weight excluding hydrogens is 297 g/mol. The summed E-state index contributed by atoms with van der Waals surface area (Å²) in [7, 11) is 0. The Balaban J connectivity index is 3.18. The van der Waals surface area contributed by atoms with E-state index in [0.29, 0.717) is 6.08 Å². The maximum atomic E-state index is 12.8. The zero-order chi connectivity index (χ0) is 16.8. The molecule has 0 aliphatic rings. The average Bonchev–Trinajstić information content (AvgIpc) is 2.44. The summed E-state index contributed by atoms with van der Waals surface area (Å²) in [6.45, 7) is 1.52. The van der Waals surface area contributed by atoms with E-state index in [1.165, 1.54) is 31.2 Å². The van der Waals surface area contributed by atoms with Crippen molar-refractivity contribution >= 4 is 11.7 Å². The zero-order valence-electron chi connectivity index (χ0n) is 11.6. The number of carboxylic acid groups (broad SMARTS) is 1. The first-order chi connectivity index (χ1) is 10.3. The number of alkyl halides is 3. The Morgan fingerprint density at radius 1 is 1.45 bits per heavy atom. The molecule has 0 unspecified atom stereocenters. The van der Waals surface area contributed by atoms with Crippen molar-refractivity contribution in [3.8, 4) is 6.07 Å². The fourth-order valence-electron chi connectivity index (χ4n) is 1.61. The lowest BCUT2D eigenvalue weighted by Crippen LogP contribution is -2.16. The maximum absolute atomic E-state index is 12.8. The van der Waals surface area contributed by atoms with Gasteiger partial charge in [0, 0.05) is 5.69 Å². The van der Waals surface area contributed by atoms with Crippen LogP contribution in [-0.4, -0.2) is 17.3 Å². The number of carboxylic acids is 1. The van der Waals surface area contributed by atoms with Crippen LogP contribution in [0, 0.1) is 11.3 Å². The van der Waals surface area contributed by atoms with Crippen LogP contribution in [0.4, 0.5) is 18.9 Å². The number of nitrogens with one attached hydrogen (secondary N) is 1. The topological polar surface area (TPSA) is 73.1 Å². The van der Waals surface area contributed by atoms with Crippen LogP contribution >= 0.6 is 0 Å². The van der Waals surface area contributed by atoms with Gasteiger partial charge in [-0.3, -0.25) is 0 Å². The number of hydrogen-bond acceptors (Lipinski definition) is 3. The molecule has 0 amide bonds. The Kier molecular flexibility index (Phi) is 5.75. The summed E-state index contributed by atoms with van der Waals surface area (Å²) >= 11 is 0. The summed E-state index contributed by atoms with van der Waals surface area (Å²) in [6, 6.07) is 7.64. The molecule has 0 aliphatic carbocycles. The Bertz CT molecular complexity index is 655. The number of allylic oxidation sites excluding steroid dienone is 3. The van der Waals surface area contributed by atoms with E-state index in [1.54, 1.807) is 0 Å². The molecule has 0 fully saturated rings. The lowest BCUT2D eigenvalue weighted by molar-refractivity contribution is -0.132. The van der Waals surface area contributed by atoms with Crippen LogP contribution in [0.15, 0.2) is 47.7 Å². The molecule has 1 aromatic rings. The summed E-state index contributed by atoms with van der Waals surface area (Å²) < 4.78 is 38.4. The second-order valence-corrected chi connectivity index (χ2v) is 4.25. The molecule has 1 aromatic carbocycles. The lowest BCUT2D eigenvalue weighted by atomic mass is 10.1. The van der Waals surface area contributed by atoms with E-state index >= 15 is 0 Å². The molecule has 0 spiro atoms. The number of benzene rings is 1. The molecule has 0 bridgehead atoms. The molecular formula is C15H13F3N2O2. The molecule has 2 N–H and O–H groups in total. The first kappa shape index (κ1) is 17.3. The van der Waals surface area contributed by atoms with Gasteiger partial charge in [-0.05, 0) is 30.7 Å². The monoisotopic (exact) mass is 310 g/mol. The van der Waals surface area contributed by atoms with E-state index in [-0.39, 0.29) is 17.7 Å². The highest BCUT2D eigenvalue weighted by atomic mass is 19.4. The SMILES string of the molecule is CC/C=C(/C=C(\Nc1cccc(C#N)c1)C(=O)O)C(F)(F)F. The first-order valence-corrected chi connectivity index (χ1v) is 6.27. The van der Waals surface area contributed by atoms with Crippen molar-refractivity contribution in [1.29, 1.82) is 5.26 Å². The van der Waals surface area contributed by atoms with E-state index in [2.05, 4.69) is 5.32 Å². The number of hydrogen-bond donors (Lipinski definition) is 2. The van der Waals surface area contributed by atoms with Crippen LogP contribution in [0.3, 0.4) is 0 Å². The molecule has 0 aromatic heterocycles. The summed E-state index contributed by atoms with van der Waals surface area (Å²) in [5, 5.41) is 20.2. The molecule has 0 saturated carbocycles. The molecule has 0 heterocycles. The molecule has 7 heteroatoms. The zero-order valence-corrected chi connectivity index (χ0v) is 11.6. The fourth-order valence-corrected chi connectivity index (χ4v) is 1.61. The van der Waals surface area contributed by atoms with Gasteiger partial charge < -0.3 is 10.4 Å². The number of nitriles is 1. The van der Waals surface area contributed by atoms with Gasteiger partial charge in [0.1, 0.15) is 5.70 Å². The van der Waals surface area contributed by atoms with Crippen molar-refractivity contribution in [2.45, 2.75) is 19.5 Å². The van der Waals surface area contributed by atoms with Crippen LogP contribution < -0.4 is 5.32 Å². The minimum Gasteiger partial charge on any atom is -0.477 e. The van der Waals surface area contributed by atoms with Crippen LogP contribution in [0.25, 0.3) is 0 Å². The molecule has 22 heavy (non-hydrogen) atoms. The summed E-state index contributed by atoms with van der Waals surface area (Å²) in [6.07, 6.45) is -3.10. The van der Waals surface area contributed by atoms with Crippen LogP contribution in [0.1, 0.15) is 18.9 Å². The van der Waals surface area contributed by atoms with Crippen LogP contribution in [0.2, 0.25) is 0 Å². The van der Waals surface area contributed by atoms with Crippen molar-refractivity contribution in [3.05, 3.63) is 53.3 Å². The van der Waals surface area contributed by atoms with E-state index in [9.17, 15) is 18.0 Å². The molecule has 0 atom stereocenters. The highest BCUT2D eigenvalue weighted by Crippen LogP contribution is 2.28. The second kappa shape index (κ2) is 7.31. The van der Waals surface area contributed by atoms with E-state index in [1.807, 2.05) is 6.07 Å². The molecule has 4 nitrogen and oxygen atoms in total. The Morgan fingerprint density at radius 2 is 2.14 bits per heavy atom. The Morgan fingerprint density at radius 3 is 2.64 bits per heavy atom. The van der Waals surface area contributed by atoms with Gasteiger partial charge in [0.15, 0.2) is 0 Å². The predicted molar refractivity (Wildman–Crippen MR) is 74.9 cm³/mol. The van der Waals surface area contributed by atoms with Crippen molar-refractivity contribution in [2.75, 3.05) is 5.32 Å². The molecule has 0 radical (unpaired) electrons. The van der Waals surface area contributed by atoms with Gasteiger partial charge in [0.25, 0.3) is 0 Å². The second-order valence-electron chi connectivity index (χ2n) is 4.25. The molecule has 1 rings (SSSR count). The number of carbonyl (C=O) groups is 1. The average molecular weight is 310 g/mol. The lowest BCUT2D eigenvalue weighted by Gasteiger charge is -2.11. The number of nitrogens with zero attached hydrogens (tertiary/aromatic N) is 1. The number of halogens is 3. The number of anilines is 1. The van der Waals surface area contributed by atoms with Crippen molar-refractivity contribution < 1.29 is 23.1 Å². The molecule has 0 aliphatic heterocycles. The highest BCUT2D eigenvalue weighted by molar-refractivity contribution is 5.91. The van der Waals surface area contributed by atoms with Gasteiger partial charge in [-0.2, -0.15) is 18.4 Å². The minimum atomic E-state index is -4.65. The third kappa shape index (κ3) is 4.98. The van der Waals surface area contributed by atoms with Gasteiger partial charge in [0.2, 0.25) is 0 Å². The summed E-state index contributed by atoms with van der Waals surface area (Å²) in [4.78, 5) is 11.1. The van der Waals surface area contributed by atoms with Gasteiger partial charge in [-0.1, -0.05) is 19.1 Å². The number of rotatable bonds is 5. The quantitative estimate of drug-likeness (QED) is 0.640. The van der Waals surface area contributed by atoms with E-state index < -0.39 is 23.4 Å². The third-order valence-corrected chi connectivity index (χ3v) is 2.55. The van der Waals surface area contributed by atoms with E-state index in [4.69, 9.17) is 10.4 Å². The van der Waals surface area contributed by atoms with E-state index in [0.717, 1.165) is 6.08 Å². The highest BCUT2D eigenvalue weighted by Gasteiger charge is 2.32. The van der Waals surface area contributed by atoms with Crippen LogP contribution in [-0.2, 0) is 4.79 Å². The summed E-state index contributed by atoms with van der Waals surface area (Å²) in [5.41, 5.74) is -1.20. The fraction of sp³-hybridized carbons (Fsp3) is 0.200. The smallest absolute Gasteiger partial charge is 0.416 e. The largest absolute Gasteiger partial charge is 0.477 e. The van der Waals surface area contributed by atoms with Crippen molar-refractivity contribution in [1.82, 2.24) is 0 Å². The minimum absolute atomic E-state index is 0.113.